The fourth-order valence-electron chi connectivity index (χ4n) is 2.02. The van der Waals surface area contributed by atoms with Crippen molar-refractivity contribution in [3.63, 3.8) is 0 Å². The molecule has 0 rings (SSSR count). The van der Waals surface area contributed by atoms with E-state index in [4.69, 9.17) is 13.9 Å². The van der Waals surface area contributed by atoms with Gasteiger partial charge >= 0.3 is 7.60 Å². The van der Waals surface area contributed by atoms with E-state index in [-0.39, 0.29) is 36.3 Å². The number of hydrogen-bond acceptors (Lipinski definition) is 9. The Labute approximate surface area is 170 Å². The normalized spacial score (nSPS) is 15.2. The molecule has 0 heterocycles. The molecule has 0 aromatic rings. The number of carbonyl (C=O) groups is 1. The van der Waals surface area contributed by atoms with Crippen LogP contribution in [-0.2, 0) is 23.2 Å². The van der Waals surface area contributed by atoms with Gasteiger partial charge in [-0.05, 0) is 26.3 Å². The van der Waals surface area contributed by atoms with E-state index in [1.165, 1.54) is 31.7 Å². The lowest BCUT2D eigenvalue weighted by Gasteiger charge is -2.18. The summed E-state index contributed by atoms with van der Waals surface area (Å²) in [7, 11) is -3.79. The quantitative estimate of drug-likeness (QED) is 0.168. The van der Waals surface area contributed by atoms with Gasteiger partial charge in [0.1, 0.15) is 6.61 Å². The SMILES string of the molecule is CCOP(=O)(OCC)C(/C=C(\CC)C(C)[N+](=O)[O-])=N\OCC(C)CSC(C)=O. The molecule has 28 heavy (non-hydrogen) atoms. The van der Waals surface area contributed by atoms with E-state index < -0.39 is 18.6 Å². The van der Waals surface area contributed by atoms with Gasteiger partial charge in [0.2, 0.25) is 6.04 Å². The van der Waals surface area contributed by atoms with Gasteiger partial charge in [-0.1, -0.05) is 30.8 Å². The predicted molar refractivity (Wildman–Crippen MR) is 111 cm³/mol. The maximum atomic E-state index is 13.1. The second kappa shape index (κ2) is 13.9. The molecule has 0 saturated heterocycles. The van der Waals surface area contributed by atoms with Crippen LogP contribution in [0.25, 0.3) is 0 Å². The number of carbonyl (C=O) groups excluding carboxylic acids is 1. The zero-order chi connectivity index (χ0) is 21.7. The number of thioether (sulfide) groups is 1. The van der Waals surface area contributed by atoms with E-state index in [0.717, 1.165) is 0 Å². The molecule has 0 spiro atoms. The third-order valence-corrected chi connectivity index (χ3v) is 6.65. The predicted octanol–water partition coefficient (Wildman–Crippen LogP) is 4.50. The summed E-state index contributed by atoms with van der Waals surface area (Å²) in [6, 6.07) is -0.974. The molecule has 0 radical (unpaired) electrons. The molecular formula is C17H31N2O7PS. The molecule has 0 aliphatic rings. The summed E-state index contributed by atoms with van der Waals surface area (Å²) < 4.78 is 23.8. The van der Waals surface area contributed by atoms with E-state index in [9.17, 15) is 19.5 Å². The van der Waals surface area contributed by atoms with Crippen molar-refractivity contribution in [2.24, 2.45) is 11.1 Å². The maximum Gasteiger partial charge on any atom is 0.382 e. The van der Waals surface area contributed by atoms with E-state index >= 15 is 0 Å². The summed E-state index contributed by atoms with van der Waals surface area (Å²) in [6.45, 7) is 10.3. The van der Waals surface area contributed by atoms with Crippen molar-refractivity contribution in [1.82, 2.24) is 0 Å². The molecule has 0 N–H and O–H groups in total. The second-order valence-corrected chi connectivity index (χ2v) is 9.19. The van der Waals surface area contributed by atoms with Crippen LogP contribution in [0.3, 0.4) is 0 Å². The Morgan fingerprint density at radius 1 is 1.25 bits per heavy atom. The average molecular weight is 438 g/mol. The van der Waals surface area contributed by atoms with E-state index in [2.05, 4.69) is 5.16 Å². The van der Waals surface area contributed by atoms with Crippen LogP contribution in [0, 0.1) is 16.0 Å². The minimum atomic E-state index is -3.79. The van der Waals surface area contributed by atoms with Crippen LogP contribution in [0.1, 0.15) is 48.0 Å². The van der Waals surface area contributed by atoms with Crippen LogP contribution >= 0.6 is 19.4 Å². The van der Waals surface area contributed by atoms with Gasteiger partial charge in [0.15, 0.2) is 10.6 Å². The molecule has 0 aromatic carbocycles. The number of oxime groups is 1. The number of nitrogens with zero attached hydrogens (tertiary/aromatic N) is 2. The number of nitro groups is 1. The van der Waals surface area contributed by atoms with Crippen LogP contribution in [0.5, 0.6) is 0 Å². The molecule has 0 aliphatic heterocycles. The molecule has 162 valence electrons. The summed E-state index contributed by atoms with van der Waals surface area (Å²) in [5, 5.41) is 15.1. The van der Waals surface area contributed by atoms with Crippen molar-refractivity contribution in [3.05, 3.63) is 21.8 Å². The highest BCUT2D eigenvalue weighted by Crippen LogP contribution is 2.50. The number of allylic oxidation sites excluding steroid dienone is 1. The third kappa shape index (κ3) is 9.82. The van der Waals surface area contributed by atoms with Crippen molar-refractivity contribution in [1.29, 1.82) is 0 Å². The largest absolute Gasteiger partial charge is 0.395 e. The Bertz CT molecular complexity index is 615. The van der Waals surface area contributed by atoms with Crippen molar-refractivity contribution >= 4 is 29.9 Å². The lowest BCUT2D eigenvalue weighted by Crippen LogP contribution is -2.19. The first-order valence-corrected chi connectivity index (χ1v) is 11.7. The Balaban J connectivity index is 5.68. The molecule has 0 aromatic heterocycles. The van der Waals surface area contributed by atoms with Crippen molar-refractivity contribution in [3.8, 4) is 0 Å². The van der Waals surface area contributed by atoms with E-state index in [1.807, 2.05) is 6.92 Å². The molecule has 11 heteroatoms. The van der Waals surface area contributed by atoms with Gasteiger partial charge < -0.3 is 13.9 Å². The molecular weight excluding hydrogens is 407 g/mol. The van der Waals surface area contributed by atoms with Gasteiger partial charge in [0.05, 0.1) is 13.2 Å². The standard InChI is InChI=1S/C17H31N2O7PS/c1-7-16(14(5)19(21)22)10-17(27(23,25-8-2)26-9-3)18-24-11-13(4)12-28-15(6)20/h10,13-14H,7-9,11-12H2,1-6H3/b16-10+,18-17-. The van der Waals surface area contributed by atoms with Gasteiger partial charge in [-0.25, -0.2) is 0 Å². The highest BCUT2D eigenvalue weighted by atomic mass is 32.2. The number of rotatable bonds is 14. The van der Waals surface area contributed by atoms with E-state index in [0.29, 0.717) is 17.7 Å². The van der Waals surface area contributed by atoms with Crippen LogP contribution < -0.4 is 0 Å². The zero-order valence-corrected chi connectivity index (χ0v) is 19.1. The number of hydrogen-bond donors (Lipinski definition) is 0. The first kappa shape index (κ1) is 26.8. The smallest absolute Gasteiger partial charge is 0.382 e. The second-order valence-electron chi connectivity index (χ2n) is 6.02. The summed E-state index contributed by atoms with van der Waals surface area (Å²) in [6.07, 6.45) is 1.74. The highest BCUT2D eigenvalue weighted by Gasteiger charge is 2.33. The molecule has 0 amide bonds. The van der Waals surface area contributed by atoms with Crippen LogP contribution in [-0.4, -0.2) is 47.1 Å². The van der Waals surface area contributed by atoms with Crippen LogP contribution in [0.2, 0.25) is 0 Å². The maximum absolute atomic E-state index is 13.1. The summed E-state index contributed by atoms with van der Waals surface area (Å²) in [5.74, 6) is 0.577. The van der Waals surface area contributed by atoms with Gasteiger partial charge in [0, 0.05) is 36.0 Å². The van der Waals surface area contributed by atoms with Gasteiger partial charge in [-0.2, -0.15) is 0 Å². The fourth-order valence-corrected chi connectivity index (χ4v) is 4.14. The Kier molecular flexibility index (Phi) is 13.3. The van der Waals surface area contributed by atoms with Gasteiger partial charge in [-0.3, -0.25) is 19.5 Å². The Morgan fingerprint density at radius 3 is 2.25 bits per heavy atom. The molecule has 0 saturated carbocycles. The Hall–Kier alpha value is -1.22. The molecule has 2 unspecified atom stereocenters. The summed E-state index contributed by atoms with van der Waals surface area (Å²) in [5.41, 5.74) is 0.320. The Morgan fingerprint density at radius 2 is 1.82 bits per heavy atom. The first-order chi connectivity index (χ1) is 13.1. The van der Waals surface area contributed by atoms with Gasteiger partial charge in [0.25, 0.3) is 0 Å². The minimum absolute atomic E-state index is 0.0116. The molecule has 0 fully saturated rings. The monoisotopic (exact) mass is 438 g/mol. The summed E-state index contributed by atoms with van der Waals surface area (Å²) >= 11 is 1.18. The molecule has 0 bridgehead atoms. The topological polar surface area (TPSA) is 117 Å². The third-order valence-electron chi connectivity index (χ3n) is 3.54. The average Bonchev–Trinajstić information content (AvgIpc) is 2.62. The molecule has 0 aliphatic carbocycles. The first-order valence-electron chi connectivity index (χ1n) is 9.18. The van der Waals surface area contributed by atoms with Gasteiger partial charge in [-0.15, -0.1) is 0 Å². The van der Waals surface area contributed by atoms with E-state index in [1.54, 1.807) is 20.8 Å². The zero-order valence-electron chi connectivity index (χ0n) is 17.4. The van der Waals surface area contributed by atoms with Crippen LogP contribution in [0.15, 0.2) is 16.8 Å². The lowest BCUT2D eigenvalue weighted by molar-refractivity contribution is -0.507. The molecule has 2 atom stereocenters. The highest BCUT2D eigenvalue weighted by molar-refractivity contribution is 8.13. The van der Waals surface area contributed by atoms with Crippen molar-refractivity contribution < 1.29 is 28.2 Å². The summed E-state index contributed by atoms with van der Waals surface area (Å²) in [4.78, 5) is 27.1. The lowest BCUT2D eigenvalue weighted by atomic mass is 10.1. The minimum Gasteiger partial charge on any atom is -0.395 e. The fraction of sp³-hybridized carbons (Fsp3) is 0.765. The van der Waals surface area contributed by atoms with Crippen molar-refractivity contribution in [2.45, 2.75) is 54.0 Å². The van der Waals surface area contributed by atoms with Crippen LogP contribution in [0.4, 0.5) is 0 Å². The van der Waals surface area contributed by atoms with Crippen molar-refractivity contribution in [2.75, 3.05) is 25.6 Å². The molecule has 9 nitrogen and oxygen atoms in total.